The lowest BCUT2D eigenvalue weighted by molar-refractivity contribution is 0.660. The fourth-order valence-corrected chi connectivity index (χ4v) is 10.5. The van der Waals surface area contributed by atoms with E-state index >= 15 is 0 Å². The molecule has 69 heavy (non-hydrogen) atoms. The minimum atomic E-state index is -0.226. The molecular formula is C64H43N5. The van der Waals surface area contributed by atoms with Crippen LogP contribution in [0.5, 0.6) is 0 Å². The van der Waals surface area contributed by atoms with Gasteiger partial charge in [-0.2, -0.15) is 0 Å². The number of fused-ring (bicyclic) bond motifs is 9. The summed E-state index contributed by atoms with van der Waals surface area (Å²) in [7, 11) is 0. The maximum absolute atomic E-state index is 5.29. The van der Waals surface area contributed by atoms with E-state index in [-0.39, 0.29) is 5.41 Å². The molecule has 2 heterocycles. The standard InChI is InChI=1S/C64H43N5/c1-64(2)55-35-33-44(37-54(55)59-52(30-17-31-56(59)64)58-39-57(40-18-6-3-7-19-40)65-60(66-58)41-20-8-4-9-21-41)43-24-16-25-45(36-43)62-67-61(42-22-10-5-11-23-42)68-63(69-62)46-32-34-51-49-28-13-12-26-47(49)48-27-14-15-29-50(48)53(51)38-46/h3-39H,1-2H3. The van der Waals surface area contributed by atoms with E-state index in [1.807, 2.05) is 42.5 Å². The van der Waals surface area contributed by atoms with Crippen LogP contribution in [0.4, 0.5) is 0 Å². The summed E-state index contributed by atoms with van der Waals surface area (Å²) in [6, 6.07) is 79.1. The van der Waals surface area contributed by atoms with Crippen LogP contribution in [0.25, 0.3) is 123 Å². The van der Waals surface area contributed by atoms with Crippen LogP contribution in [0.15, 0.2) is 224 Å². The van der Waals surface area contributed by atoms with Crippen molar-refractivity contribution in [3.63, 3.8) is 0 Å². The van der Waals surface area contributed by atoms with E-state index in [1.54, 1.807) is 0 Å². The summed E-state index contributed by atoms with van der Waals surface area (Å²) in [5, 5.41) is 7.29. The third-order valence-electron chi connectivity index (χ3n) is 13.9. The molecule has 0 fully saturated rings. The Morgan fingerprint density at radius 1 is 0.261 bits per heavy atom. The topological polar surface area (TPSA) is 64.5 Å². The van der Waals surface area contributed by atoms with Gasteiger partial charge in [-0.1, -0.05) is 214 Å². The molecule has 0 aliphatic heterocycles. The first-order chi connectivity index (χ1) is 33.9. The van der Waals surface area contributed by atoms with Gasteiger partial charge in [-0.3, -0.25) is 0 Å². The van der Waals surface area contributed by atoms with Crippen molar-refractivity contribution in [1.82, 2.24) is 24.9 Å². The predicted octanol–water partition coefficient (Wildman–Crippen LogP) is 16.1. The van der Waals surface area contributed by atoms with Crippen molar-refractivity contribution in [3.05, 3.63) is 236 Å². The SMILES string of the molecule is CC1(C)c2ccc(-c3cccc(-c4nc(-c5ccccc5)nc(-c5ccc6c7ccccc7c7ccccc7c6c5)n4)c3)cc2-c2c(-c3cc(-c4ccccc4)nc(-c4ccccc4)n3)cccc21. The van der Waals surface area contributed by atoms with Crippen LogP contribution in [0.1, 0.15) is 25.0 Å². The van der Waals surface area contributed by atoms with E-state index in [0.29, 0.717) is 23.3 Å². The molecule has 0 unspecified atom stereocenters. The lowest BCUT2D eigenvalue weighted by atomic mass is 9.82. The Morgan fingerprint density at radius 3 is 1.35 bits per heavy atom. The number of nitrogens with zero attached hydrogens (tertiary/aromatic N) is 5. The summed E-state index contributed by atoms with van der Waals surface area (Å²) in [4.78, 5) is 26.0. The van der Waals surface area contributed by atoms with Crippen LogP contribution in [0, 0.1) is 0 Å². The van der Waals surface area contributed by atoms with Gasteiger partial charge in [0.1, 0.15) is 0 Å². The Bertz CT molecular complexity index is 3880. The van der Waals surface area contributed by atoms with Crippen molar-refractivity contribution in [2.24, 2.45) is 0 Å². The monoisotopic (exact) mass is 881 g/mol. The summed E-state index contributed by atoms with van der Waals surface area (Å²) in [6.45, 7) is 4.66. The molecule has 0 bridgehead atoms. The van der Waals surface area contributed by atoms with Crippen molar-refractivity contribution < 1.29 is 0 Å². The number of aromatic nitrogens is 5. The number of hydrogen-bond acceptors (Lipinski definition) is 5. The molecule has 0 spiro atoms. The summed E-state index contributed by atoms with van der Waals surface area (Å²) in [5.41, 5.74) is 14.6. The van der Waals surface area contributed by atoms with Gasteiger partial charge < -0.3 is 0 Å². The fourth-order valence-electron chi connectivity index (χ4n) is 10.5. The van der Waals surface area contributed by atoms with Gasteiger partial charge in [-0.05, 0) is 90.0 Å². The molecule has 0 saturated heterocycles. The van der Waals surface area contributed by atoms with Crippen molar-refractivity contribution in [3.8, 4) is 90.3 Å². The highest BCUT2D eigenvalue weighted by molar-refractivity contribution is 6.25. The summed E-state index contributed by atoms with van der Waals surface area (Å²) in [6.07, 6.45) is 0. The minimum absolute atomic E-state index is 0.226. The van der Waals surface area contributed by atoms with Crippen LogP contribution >= 0.6 is 0 Å². The minimum Gasteiger partial charge on any atom is -0.228 e. The second-order valence-electron chi connectivity index (χ2n) is 18.4. The summed E-state index contributed by atoms with van der Waals surface area (Å²) >= 11 is 0. The Balaban J connectivity index is 0.939. The second-order valence-corrected chi connectivity index (χ2v) is 18.4. The van der Waals surface area contributed by atoms with Crippen molar-refractivity contribution in [1.29, 1.82) is 0 Å². The normalized spacial score (nSPS) is 12.6. The average molecular weight is 882 g/mol. The molecular weight excluding hydrogens is 839 g/mol. The molecule has 0 amide bonds. The maximum Gasteiger partial charge on any atom is 0.164 e. The molecule has 324 valence electrons. The highest BCUT2D eigenvalue weighted by Crippen LogP contribution is 2.53. The first-order valence-electron chi connectivity index (χ1n) is 23.5. The maximum atomic E-state index is 5.29. The average Bonchev–Trinajstić information content (AvgIpc) is 3.66. The van der Waals surface area contributed by atoms with Gasteiger partial charge in [-0.15, -0.1) is 0 Å². The second kappa shape index (κ2) is 16.1. The molecule has 13 rings (SSSR count). The van der Waals surface area contributed by atoms with Crippen LogP contribution in [-0.4, -0.2) is 24.9 Å². The van der Waals surface area contributed by atoms with Crippen molar-refractivity contribution in [2.45, 2.75) is 19.3 Å². The predicted molar refractivity (Wildman–Crippen MR) is 284 cm³/mol. The lowest BCUT2D eigenvalue weighted by Gasteiger charge is -2.21. The quantitative estimate of drug-likeness (QED) is 0.149. The molecule has 0 saturated carbocycles. The smallest absolute Gasteiger partial charge is 0.164 e. The molecule has 0 radical (unpaired) electrons. The first-order valence-corrected chi connectivity index (χ1v) is 23.5. The molecule has 5 nitrogen and oxygen atoms in total. The van der Waals surface area contributed by atoms with Crippen molar-refractivity contribution in [2.75, 3.05) is 0 Å². The van der Waals surface area contributed by atoms with Gasteiger partial charge in [0.2, 0.25) is 0 Å². The number of hydrogen-bond donors (Lipinski definition) is 0. The van der Waals surface area contributed by atoms with E-state index in [2.05, 4.69) is 196 Å². The van der Waals surface area contributed by atoms with Gasteiger partial charge in [0, 0.05) is 38.8 Å². The Hall–Kier alpha value is -8.93. The van der Waals surface area contributed by atoms with Gasteiger partial charge in [0.25, 0.3) is 0 Å². The number of rotatable bonds is 7. The third-order valence-corrected chi connectivity index (χ3v) is 13.9. The molecule has 0 atom stereocenters. The Morgan fingerprint density at radius 2 is 0.710 bits per heavy atom. The highest BCUT2D eigenvalue weighted by atomic mass is 15.0. The lowest BCUT2D eigenvalue weighted by Crippen LogP contribution is -2.14. The fraction of sp³-hybridized carbons (Fsp3) is 0.0469. The largest absolute Gasteiger partial charge is 0.228 e. The van der Waals surface area contributed by atoms with E-state index in [1.165, 1.54) is 54.6 Å². The van der Waals surface area contributed by atoms with E-state index < -0.39 is 0 Å². The zero-order valence-corrected chi connectivity index (χ0v) is 38.1. The van der Waals surface area contributed by atoms with Gasteiger partial charge in [0.05, 0.1) is 11.4 Å². The van der Waals surface area contributed by atoms with Crippen molar-refractivity contribution >= 4 is 32.3 Å². The molecule has 10 aromatic carbocycles. The molecule has 5 heteroatoms. The zero-order chi connectivity index (χ0) is 46.1. The van der Waals surface area contributed by atoms with Crippen LogP contribution < -0.4 is 0 Å². The molecule has 12 aromatic rings. The zero-order valence-electron chi connectivity index (χ0n) is 38.1. The van der Waals surface area contributed by atoms with E-state index in [4.69, 9.17) is 24.9 Å². The summed E-state index contributed by atoms with van der Waals surface area (Å²) < 4.78 is 0. The van der Waals surface area contributed by atoms with Crippen LogP contribution in [0.3, 0.4) is 0 Å². The van der Waals surface area contributed by atoms with Gasteiger partial charge >= 0.3 is 0 Å². The van der Waals surface area contributed by atoms with Gasteiger partial charge in [0.15, 0.2) is 23.3 Å². The van der Waals surface area contributed by atoms with E-state index in [0.717, 1.165) is 55.9 Å². The van der Waals surface area contributed by atoms with Gasteiger partial charge in [-0.25, -0.2) is 24.9 Å². The molecule has 1 aliphatic rings. The Labute approximate surface area is 400 Å². The molecule has 2 aromatic heterocycles. The molecule has 0 N–H and O–H groups in total. The summed E-state index contributed by atoms with van der Waals surface area (Å²) in [5.74, 6) is 2.57. The third kappa shape index (κ3) is 6.89. The molecule has 1 aliphatic carbocycles. The highest BCUT2D eigenvalue weighted by Gasteiger charge is 2.37. The van der Waals surface area contributed by atoms with Crippen LogP contribution in [0.2, 0.25) is 0 Å². The van der Waals surface area contributed by atoms with Crippen LogP contribution in [-0.2, 0) is 5.41 Å². The number of benzene rings is 10. The first kappa shape index (κ1) is 40.4. The van der Waals surface area contributed by atoms with E-state index in [9.17, 15) is 0 Å². The Kier molecular flexibility index (Phi) is 9.44.